The summed E-state index contributed by atoms with van der Waals surface area (Å²) in [6, 6.07) is 0.373. The SMILES string of the molecule is CCOC(=O)N1CCC(NCCC(=O)NC(C)(C)C)CC1. The molecule has 122 valence electrons. The first-order valence-electron chi connectivity index (χ1n) is 7.78. The van der Waals surface area contributed by atoms with Gasteiger partial charge in [0.25, 0.3) is 0 Å². The summed E-state index contributed by atoms with van der Waals surface area (Å²) >= 11 is 0. The molecule has 21 heavy (non-hydrogen) atoms. The number of nitrogens with zero attached hydrogens (tertiary/aromatic N) is 1. The molecule has 0 bridgehead atoms. The average molecular weight is 299 g/mol. The zero-order chi connectivity index (χ0) is 15.9. The number of piperidine rings is 1. The minimum Gasteiger partial charge on any atom is -0.450 e. The van der Waals surface area contributed by atoms with Crippen LogP contribution >= 0.6 is 0 Å². The molecule has 2 N–H and O–H groups in total. The Labute approximate surface area is 127 Å². The fourth-order valence-electron chi connectivity index (χ4n) is 2.35. The standard InChI is InChI=1S/C15H29N3O3/c1-5-21-14(20)18-10-7-12(8-11-18)16-9-6-13(19)17-15(2,3)4/h12,16H,5-11H2,1-4H3,(H,17,19). The number of carbonyl (C=O) groups is 2. The molecule has 1 saturated heterocycles. The first-order chi connectivity index (χ1) is 9.81. The number of carbonyl (C=O) groups excluding carboxylic acids is 2. The van der Waals surface area contributed by atoms with Crippen LogP contribution in [0.3, 0.4) is 0 Å². The monoisotopic (exact) mass is 299 g/mol. The Morgan fingerprint density at radius 2 is 1.86 bits per heavy atom. The van der Waals surface area contributed by atoms with Gasteiger partial charge in [-0.1, -0.05) is 0 Å². The number of hydrogen-bond donors (Lipinski definition) is 2. The van der Waals surface area contributed by atoms with Gasteiger partial charge in [0.2, 0.25) is 5.91 Å². The van der Waals surface area contributed by atoms with Crippen LogP contribution in [0.25, 0.3) is 0 Å². The summed E-state index contributed by atoms with van der Waals surface area (Å²) < 4.78 is 4.99. The number of ether oxygens (including phenoxy) is 1. The van der Waals surface area contributed by atoms with Crippen LogP contribution in [-0.4, -0.2) is 54.7 Å². The molecule has 1 aliphatic rings. The second kappa shape index (κ2) is 8.22. The van der Waals surface area contributed by atoms with Gasteiger partial charge in [-0.2, -0.15) is 0 Å². The van der Waals surface area contributed by atoms with E-state index in [1.807, 2.05) is 27.7 Å². The normalized spacial score (nSPS) is 16.7. The molecular formula is C15H29N3O3. The van der Waals surface area contributed by atoms with Gasteiger partial charge in [-0.3, -0.25) is 4.79 Å². The van der Waals surface area contributed by atoms with Crippen molar-refractivity contribution in [1.82, 2.24) is 15.5 Å². The predicted octanol–water partition coefficient (Wildman–Crippen LogP) is 1.50. The van der Waals surface area contributed by atoms with E-state index in [2.05, 4.69) is 10.6 Å². The Balaban J connectivity index is 2.16. The van der Waals surface area contributed by atoms with Crippen LogP contribution in [0.1, 0.15) is 47.0 Å². The van der Waals surface area contributed by atoms with Crippen molar-refractivity contribution < 1.29 is 14.3 Å². The maximum absolute atomic E-state index is 11.7. The fourth-order valence-corrected chi connectivity index (χ4v) is 2.35. The average Bonchev–Trinajstić information content (AvgIpc) is 2.37. The predicted molar refractivity (Wildman–Crippen MR) is 82.1 cm³/mol. The van der Waals surface area contributed by atoms with Crippen molar-refractivity contribution in [1.29, 1.82) is 0 Å². The van der Waals surface area contributed by atoms with Gasteiger partial charge in [-0.15, -0.1) is 0 Å². The number of rotatable bonds is 5. The number of hydrogen-bond acceptors (Lipinski definition) is 4. The lowest BCUT2D eigenvalue weighted by Crippen LogP contribution is -2.46. The third-order valence-corrected chi connectivity index (χ3v) is 3.32. The highest BCUT2D eigenvalue weighted by Crippen LogP contribution is 2.11. The third-order valence-electron chi connectivity index (χ3n) is 3.32. The van der Waals surface area contributed by atoms with Gasteiger partial charge in [-0.25, -0.2) is 4.79 Å². The summed E-state index contributed by atoms with van der Waals surface area (Å²) in [5.41, 5.74) is -0.179. The van der Waals surface area contributed by atoms with Crippen LogP contribution in [0.15, 0.2) is 0 Å². The fraction of sp³-hybridized carbons (Fsp3) is 0.867. The van der Waals surface area contributed by atoms with E-state index in [1.165, 1.54) is 0 Å². The van der Waals surface area contributed by atoms with Crippen molar-refractivity contribution in [3.63, 3.8) is 0 Å². The molecule has 1 aliphatic heterocycles. The molecule has 2 amide bonds. The number of amides is 2. The Hall–Kier alpha value is -1.30. The maximum atomic E-state index is 11.7. The van der Waals surface area contributed by atoms with E-state index in [0.29, 0.717) is 38.7 Å². The topological polar surface area (TPSA) is 70.7 Å². The smallest absolute Gasteiger partial charge is 0.409 e. The molecule has 0 saturated carbocycles. The largest absolute Gasteiger partial charge is 0.450 e. The van der Waals surface area contributed by atoms with Gasteiger partial charge in [0.15, 0.2) is 0 Å². The molecule has 6 nitrogen and oxygen atoms in total. The van der Waals surface area contributed by atoms with E-state index in [-0.39, 0.29) is 17.5 Å². The van der Waals surface area contributed by atoms with Crippen molar-refractivity contribution >= 4 is 12.0 Å². The molecule has 0 aliphatic carbocycles. The molecule has 0 radical (unpaired) electrons. The summed E-state index contributed by atoms with van der Waals surface area (Å²) in [5, 5.41) is 6.33. The van der Waals surface area contributed by atoms with Gasteiger partial charge in [0.1, 0.15) is 0 Å². The number of nitrogens with one attached hydrogen (secondary N) is 2. The molecule has 0 aromatic heterocycles. The van der Waals surface area contributed by atoms with E-state index in [9.17, 15) is 9.59 Å². The lowest BCUT2D eigenvalue weighted by Gasteiger charge is -2.31. The molecule has 0 atom stereocenters. The number of likely N-dealkylation sites (tertiary alicyclic amines) is 1. The van der Waals surface area contributed by atoms with Crippen molar-refractivity contribution in [2.75, 3.05) is 26.2 Å². The van der Waals surface area contributed by atoms with Crippen LogP contribution in [0.4, 0.5) is 4.79 Å². The Bertz CT molecular complexity index is 345. The molecule has 0 aromatic carbocycles. The Kier molecular flexibility index (Phi) is 6.95. The summed E-state index contributed by atoms with van der Waals surface area (Å²) in [7, 11) is 0. The lowest BCUT2D eigenvalue weighted by atomic mass is 10.1. The molecule has 1 heterocycles. The Morgan fingerprint density at radius 3 is 2.38 bits per heavy atom. The van der Waals surface area contributed by atoms with Gasteiger partial charge in [-0.05, 0) is 40.5 Å². The molecule has 0 spiro atoms. The summed E-state index contributed by atoms with van der Waals surface area (Å²) in [6.07, 6.45) is 2.06. The van der Waals surface area contributed by atoms with Crippen molar-refractivity contribution in [3.05, 3.63) is 0 Å². The van der Waals surface area contributed by atoms with Crippen molar-refractivity contribution in [2.45, 2.75) is 58.5 Å². The van der Waals surface area contributed by atoms with Crippen LogP contribution in [-0.2, 0) is 9.53 Å². The van der Waals surface area contributed by atoms with E-state index in [0.717, 1.165) is 12.8 Å². The van der Waals surface area contributed by atoms with Gasteiger partial charge in [0, 0.05) is 37.6 Å². The van der Waals surface area contributed by atoms with Gasteiger partial charge >= 0.3 is 6.09 Å². The van der Waals surface area contributed by atoms with Gasteiger partial charge in [0.05, 0.1) is 6.61 Å². The second-order valence-electron chi connectivity index (χ2n) is 6.46. The molecule has 1 fully saturated rings. The first kappa shape index (κ1) is 17.8. The zero-order valence-corrected chi connectivity index (χ0v) is 13.7. The molecule has 0 aromatic rings. The minimum atomic E-state index is -0.222. The van der Waals surface area contributed by atoms with Crippen LogP contribution in [0.5, 0.6) is 0 Å². The maximum Gasteiger partial charge on any atom is 0.409 e. The highest BCUT2D eigenvalue weighted by Gasteiger charge is 2.23. The quantitative estimate of drug-likeness (QED) is 0.807. The van der Waals surface area contributed by atoms with Crippen molar-refractivity contribution in [3.8, 4) is 0 Å². The highest BCUT2D eigenvalue weighted by molar-refractivity contribution is 5.76. The van der Waals surface area contributed by atoms with Crippen LogP contribution in [0, 0.1) is 0 Å². The molecular weight excluding hydrogens is 270 g/mol. The highest BCUT2D eigenvalue weighted by atomic mass is 16.6. The minimum absolute atomic E-state index is 0.0685. The van der Waals surface area contributed by atoms with Crippen molar-refractivity contribution in [2.24, 2.45) is 0 Å². The molecule has 6 heteroatoms. The second-order valence-corrected chi connectivity index (χ2v) is 6.46. The lowest BCUT2D eigenvalue weighted by molar-refractivity contribution is -0.122. The summed E-state index contributed by atoms with van der Waals surface area (Å²) in [5.74, 6) is 0.0685. The van der Waals surface area contributed by atoms with E-state index in [4.69, 9.17) is 4.74 Å². The zero-order valence-electron chi connectivity index (χ0n) is 13.7. The summed E-state index contributed by atoms with van der Waals surface area (Å²) in [6.45, 7) is 10.3. The third kappa shape index (κ3) is 7.32. The van der Waals surface area contributed by atoms with Crippen LogP contribution < -0.4 is 10.6 Å². The Morgan fingerprint density at radius 1 is 1.24 bits per heavy atom. The van der Waals surface area contributed by atoms with Gasteiger partial charge < -0.3 is 20.3 Å². The molecule has 1 rings (SSSR count). The molecule has 0 unspecified atom stereocenters. The van der Waals surface area contributed by atoms with Crippen LogP contribution in [0.2, 0.25) is 0 Å². The van der Waals surface area contributed by atoms with E-state index >= 15 is 0 Å². The summed E-state index contributed by atoms with van der Waals surface area (Å²) in [4.78, 5) is 25.0. The van der Waals surface area contributed by atoms with E-state index < -0.39 is 0 Å². The van der Waals surface area contributed by atoms with E-state index in [1.54, 1.807) is 4.90 Å². The first-order valence-corrected chi connectivity index (χ1v) is 7.78.